The van der Waals surface area contributed by atoms with Crippen molar-refractivity contribution < 1.29 is 0 Å². The predicted molar refractivity (Wildman–Crippen MR) is 82.7 cm³/mol. The van der Waals surface area contributed by atoms with Crippen LogP contribution in [0.5, 0.6) is 0 Å². The third kappa shape index (κ3) is 2.53. The predicted octanol–water partition coefficient (Wildman–Crippen LogP) is 3.40. The van der Waals surface area contributed by atoms with Gasteiger partial charge in [0.05, 0.1) is 11.7 Å². The molecule has 0 aliphatic rings. The maximum atomic E-state index is 11.5. The second-order valence-corrected chi connectivity index (χ2v) is 5.54. The summed E-state index contributed by atoms with van der Waals surface area (Å²) in [5.41, 5.74) is 1.77. The van der Waals surface area contributed by atoms with Crippen molar-refractivity contribution in [2.75, 3.05) is 5.32 Å². The number of nitrogens with zero attached hydrogens (tertiary/aromatic N) is 1. The summed E-state index contributed by atoms with van der Waals surface area (Å²) in [5.74, 6) is 0. The molecule has 20 heavy (non-hydrogen) atoms. The molecule has 1 aromatic carbocycles. The second kappa shape index (κ2) is 5.38. The smallest absolute Gasteiger partial charge is 0.330 e. The summed E-state index contributed by atoms with van der Waals surface area (Å²) in [6, 6.07) is 12.3. The van der Waals surface area contributed by atoms with E-state index in [1.165, 1.54) is 4.88 Å². The number of hydrogen-bond donors (Lipinski definition) is 2. The van der Waals surface area contributed by atoms with Crippen LogP contribution in [0.15, 0.2) is 59.0 Å². The van der Waals surface area contributed by atoms with Crippen molar-refractivity contribution in [1.29, 1.82) is 0 Å². The largest absolute Gasteiger partial charge is 0.378 e. The van der Waals surface area contributed by atoms with Crippen molar-refractivity contribution in [3.63, 3.8) is 0 Å². The number of imidazole rings is 1. The van der Waals surface area contributed by atoms with E-state index in [2.05, 4.69) is 34.7 Å². The molecule has 3 aromatic rings. The number of benzene rings is 1. The summed E-state index contributed by atoms with van der Waals surface area (Å²) in [4.78, 5) is 15.5. The van der Waals surface area contributed by atoms with Gasteiger partial charge in [-0.05, 0) is 42.6 Å². The molecule has 0 amide bonds. The van der Waals surface area contributed by atoms with Crippen LogP contribution >= 0.6 is 11.3 Å². The van der Waals surface area contributed by atoms with Gasteiger partial charge in [0.25, 0.3) is 0 Å². The zero-order valence-corrected chi connectivity index (χ0v) is 11.9. The fourth-order valence-electron chi connectivity index (χ4n) is 2.10. The molecular formula is C15H15N3OS. The summed E-state index contributed by atoms with van der Waals surface area (Å²) < 4.78 is 1.58. The molecule has 0 saturated heterocycles. The quantitative estimate of drug-likeness (QED) is 0.772. The second-order valence-electron chi connectivity index (χ2n) is 4.56. The van der Waals surface area contributed by atoms with Crippen molar-refractivity contribution in [3.8, 4) is 5.69 Å². The third-order valence-corrected chi connectivity index (χ3v) is 4.20. The first-order valence-electron chi connectivity index (χ1n) is 6.40. The minimum absolute atomic E-state index is 0.127. The van der Waals surface area contributed by atoms with Crippen molar-refractivity contribution in [2.45, 2.75) is 13.0 Å². The molecule has 1 unspecified atom stereocenters. The van der Waals surface area contributed by atoms with Crippen LogP contribution in [-0.2, 0) is 0 Å². The zero-order chi connectivity index (χ0) is 13.9. The number of nitrogens with one attached hydrogen (secondary N) is 2. The fourth-order valence-corrected chi connectivity index (χ4v) is 2.84. The van der Waals surface area contributed by atoms with Crippen LogP contribution in [0.4, 0.5) is 5.69 Å². The molecule has 4 nitrogen and oxygen atoms in total. The average molecular weight is 285 g/mol. The standard InChI is InChI=1S/C15H15N3OS/c1-11(14-3-2-10-20-14)17-12-4-6-13(7-5-12)18-9-8-16-15(18)19/h2-11,17H,1H3,(H,16,19). The summed E-state index contributed by atoms with van der Waals surface area (Å²) in [6.45, 7) is 2.14. The molecule has 1 atom stereocenters. The van der Waals surface area contributed by atoms with E-state index >= 15 is 0 Å². The van der Waals surface area contributed by atoms with Crippen LogP contribution in [0.1, 0.15) is 17.8 Å². The van der Waals surface area contributed by atoms with Crippen LogP contribution in [0.25, 0.3) is 5.69 Å². The van der Waals surface area contributed by atoms with Crippen LogP contribution in [0.3, 0.4) is 0 Å². The lowest BCUT2D eigenvalue weighted by atomic mass is 10.2. The summed E-state index contributed by atoms with van der Waals surface area (Å²) in [7, 11) is 0. The number of thiophene rings is 1. The number of H-pyrrole nitrogens is 1. The summed E-state index contributed by atoms with van der Waals surface area (Å²) in [5, 5.41) is 5.52. The Hall–Kier alpha value is -2.27. The van der Waals surface area contributed by atoms with Gasteiger partial charge in [-0.1, -0.05) is 6.07 Å². The van der Waals surface area contributed by atoms with Gasteiger partial charge >= 0.3 is 5.69 Å². The number of aromatic nitrogens is 2. The van der Waals surface area contributed by atoms with Crippen molar-refractivity contribution >= 4 is 17.0 Å². The van der Waals surface area contributed by atoms with Gasteiger partial charge in [0.1, 0.15) is 0 Å². The Morgan fingerprint density at radius 2 is 2.05 bits per heavy atom. The number of hydrogen-bond acceptors (Lipinski definition) is 3. The van der Waals surface area contributed by atoms with Crippen molar-refractivity contribution in [3.05, 3.63) is 69.5 Å². The van der Waals surface area contributed by atoms with E-state index < -0.39 is 0 Å². The van der Waals surface area contributed by atoms with E-state index in [1.54, 1.807) is 28.3 Å². The van der Waals surface area contributed by atoms with E-state index in [9.17, 15) is 4.79 Å². The highest BCUT2D eigenvalue weighted by atomic mass is 32.1. The molecule has 5 heteroatoms. The van der Waals surface area contributed by atoms with Gasteiger partial charge in [-0.25, -0.2) is 4.79 Å². The van der Waals surface area contributed by atoms with Crippen LogP contribution in [0.2, 0.25) is 0 Å². The molecular weight excluding hydrogens is 270 g/mol. The maximum Gasteiger partial charge on any atom is 0.330 e. The molecule has 0 bridgehead atoms. The first-order chi connectivity index (χ1) is 9.74. The third-order valence-electron chi connectivity index (χ3n) is 3.15. The Morgan fingerprint density at radius 1 is 1.25 bits per heavy atom. The first kappa shape index (κ1) is 12.7. The molecule has 2 N–H and O–H groups in total. The van der Waals surface area contributed by atoms with Gasteiger partial charge in [0, 0.05) is 23.0 Å². The molecule has 3 rings (SSSR count). The minimum Gasteiger partial charge on any atom is -0.378 e. The van der Waals surface area contributed by atoms with Gasteiger partial charge < -0.3 is 10.3 Å². The van der Waals surface area contributed by atoms with E-state index in [0.29, 0.717) is 0 Å². The van der Waals surface area contributed by atoms with Gasteiger partial charge in [0.2, 0.25) is 0 Å². The highest BCUT2D eigenvalue weighted by Crippen LogP contribution is 2.23. The molecule has 2 heterocycles. The highest BCUT2D eigenvalue weighted by molar-refractivity contribution is 7.10. The number of aromatic amines is 1. The van der Waals surface area contributed by atoms with Gasteiger partial charge in [-0.15, -0.1) is 11.3 Å². The molecule has 102 valence electrons. The summed E-state index contributed by atoms with van der Waals surface area (Å²) >= 11 is 1.74. The zero-order valence-electron chi connectivity index (χ0n) is 11.0. The highest BCUT2D eigenvalue weighted by Gasteiger charge is 2.06. The van der Waals surface area contributed by atoms with E-state index in [0.717, 1.165) is 11.4 Å². The maximum absolute atomic E-state index is 11.5. The topological polar surface area (TPSA) is 49.8 Å². The Bertz CT molecular complexity index is 725. The SMILES string of the molecule is CC(Nc1ccc(-n2cc[nH]c2=O)cc1)c1cccs1. The van der Waals surface area contributed by atoms with E-state index in [4.69, 9.17) is 0 Å². The average Bonchev–Trinajstić information content (AvgIpc) is 3.11. The minimum atomic E-state index is -0.127. The first-order valence-corrected chi connectivity index (χ1v) is 7.28. The molecule has 0 fully saturated rings. The lowest BCUT2D eigenvalue weighted by molar-refractivity contribution is 0.907. The van der Waals surface area contributed by atoms with Crippen LogP contribution in [-0.4, -0.2) is 9.55 Å². The summed E-state index contributed by atoms with van der Waals surface area (Å²) in [6.07, 6.45) is 3.35. The van der Waals surface area contributed by atoms with E-state index in [1.807, 2.05) is 24.3 Å². The van der Waals surface area contributed by atoms with Gasteiger partial charge in [-0.3, -0.25) is 4.57 Å². The van der Waals surface area contributed by atoms with E-state index in [-0.39, 0.29) is 11.7 Å². The molecule has 0 aliphatic heterocycles. The lowest BCUT2D eigenvalue weighted by Crippen LogP contribution is -2.13. The molecule has 0 aliphatic carbocycles. The number of rotatable bonds is 4. The van der Waals surface area contributed by atoms with Crippen molar-refractivity contribution in [2.24, 2.45) is 0 Å². The molecule has 0 spiro atoms. The Kier molecular flexibility index (Phi) is 3.43. The Labute approximate surface area is 120 Å². The van der Waals surface area contributed by atoms with Gasteiger partial charge in [0.15, 0.2) is 0 Å². The lowest BCUT2D eigenvalue weighted by Gasteiger charge is -2.14. The Balaban J connectivity index is 1.77. The normalized spacial score (nSPS) is 12.2. The van der Waals surface area contributed by atoms with Gasteiger partial charge in [-0.2, -0.15) is 0 Å². The Morgan fingerprint density at radius 3 is 2.65 bits per heavy atom. The molecule has 2 aromatic heterocycles. The monoisotopic (exact) mass is 285 g/mol. The molecule has 0 radical (unpaired) electrons. The molecule has 0 saturated carbocycles. The fraction of sp³-hybridized carbons (Fsp3) is 0.133. The number of anilines is 1. The van der Waals surface area contributed by atoms with Crippen molar-refractivity contribution in [1.82, 2.24) is 9.55 Å². The van der Waals surface area contributed by atoms with Crippen LogP contribution < -0.4 is 11.0 Å². The van der Waals surface area contributed by atoms with Crippen LogP contribution in [0, 0.1) is 0 Å².